The van der Waals surface area contributed by atoms with Crippen molar-refractivity contribution in [2.75, 3.05) is 32.7 Å². The van der Waals surface area contributed by atoms with Gasteiger partial charge in [0, 0.05) is 23.9 Å². The van der Waals surface area contributed by atoms with Crippen LogP contribution in [-0.2, 0) is 17.6 Å². The lowest BCUT2D eigenvalue weighted by molar-refractivity contribution is -0.133. The van der Waals surface area contributed by atoms with Gasteiger partial charge in [0.05, 0.1) is 11.9 Å². The SMILES string of the molecule is O=C(CN1CCCCC1)N1CCCC(c2nc3sc4c(c3c(=O)[nH]2)CCCC4)C1. The minimum atomic E-state index is 0.0150. The number of carbonyl (C=O) groups excluding carboxylic acids is 1. The van der Waals surface area contributed by atoms with Gasteiger partial charge >= 0.3 is 0 Å². The van der Waals surface area contributed by atoms with E-state index in [1.165, 1.54) is 36.1 Å². The molecule has 0 saturated carbocycles. The number of aromatic nitrogens is 2. The van der Waals surface area contributed by atoms with Crippen LogP contribution in [0, 0.1) is 0 Å². The Morgan fingerprint density at radius 1 is 1.07 bits per heavy atom. The molecule has 0 spiro atoms. The Morgan fingerprint density at radius 3 is 2.76 bits per heavy atom. The molecule has 1 unspecified atom stereocenters. The highest BCUT2D eigenvalue weighted by Crippen LogP contribution is 2.34. The topological polar surface area (TPSA) is 69.3 Å². The molecule has 2 aliphatic heterocycles. The monoisotopic (exact) mass is 414 g/mol. The Bertz CT molecular complexity index is 960. The Kier molecular flexibility index (Phi) is 5.43. The first-order valence-corrected chi connectivity index (χ1v) is 12.1. The maximum absolute atomic E-state index is 12.9. The van der Waals surface area contributed by atoms with E-state index >= 15 is 0 Å². The molecule has 0 aromatic carbocycles. The molecule has 2 aromatic rings. The zero-order valence-electron chi connectivity index (χ0n) is 17.0. The maximum atomic E-state index is 12.9. The van der Waals surface area contributed by atoms with Crippen molar-refractivity contribution in [3.63, 3.8) is 0 Å². The number of hydrogen-bond acceptors (Lipinski definition) is 5. The Labute approximate surface area is 175 Å². The molecule has 4 heterocycles. The minimum Gasteiger partial charge on any atom is -0.341 e. The van der Waals surface area contributed by atoms with Gasteiger partial charge in [0.25, 0.3) is 5.56 Å². The largest absolute Gasteiger partial charge is 0.341 e. The number of hydrogen-bond donors (Lipinski definition) is 1. The van der Waals surface area contributed by atoms with Crippen LogP contribution in [0.5, 0.6) is 0 Å². The fourth-order valence-corrected chi connectivity index (χ4v) is 6.48. The zero-order valence-corrected chi connectivity index (χ0v) is 17.9. The molecule has 3 aliphatic rings. The highest BCUT2D eigenvalue weighted by atomic mass is 32.1. The van der Waals surface area contributed by atoms with Crippen molar-refractivity contribution >= 4 is 27.5 Å². The molecule has 1 atom stereocenters. The quantitative estimate of drug-likeness (QED) is 0.838. The first kappa shape index (κ1) is 19.2. The summed E-state index contributed by atoms with van der Waals surface area (Å²) in [5.74, 6) is 1.13. The van der Waals surface area contributed by atoms with Crippen LogP contribution >= 0.6 is 11.3 Å². The van der Waals surface area contributed by atoms with E-state index in [-0.39, 0.29) is 17.4 Å². The maximum Gasteiger partial charge on any atom is 0.259 e. The van der Waals surface area contributed by atoms with E-state index < -0.39 is 0 Å². The molecule has 1 N–H and O–H groups in total. The summed E-state index contributed by atoms with van der Waals surface area (Å²) in [4.78, 5) is 40.2. The average Bonchev–Trinajstić information content (AvgIpc) is 3.13. The molecule has 0 radical (unpaired) electrons. The molecule has 2 saturated heterocycles. The summed E-state index contributed by atoms with van der Waals surface area (Å²) in [7, 11) is 0. The van der Waals surface area contributed by atoms with Gasteiger partial charge in [-0.1, -0.05) is 6.42 Å². The van der Waals surface area contributed by atoms with Crippen molar-refractivity contribution in [3.05, 3.63) is 26.6 Å². The number of thiophene rings is 1. The number of aromatic amines is 1. The molecule has 156 valence electrons. The smallest absolute Gasteiger partial charge is 0.259 e. The molecule has 7 heteroatoms. The first-order valence-electron chi connectivity index (χ1n) is 11.2. The van der Waals surface area contributed by atoms with Crippen molar-refractivity contribution in [3.8, 4) is 0 Å². The number of piperidine rings is 2. The Morgan fingerprint density at radius 2 is 1.90 bits per heavy atom. The summed E-state index contributed by atoms with van der Waals surface area (Å²) in [5.41, 5.74) is 1.25. The number of carbonyl (C=O) groups is 1. The summed E-state index contributed by atoms with van der Waals surface area (Å²) in [6.45, 7) is 4.11. The molecular formula is C22H30N4O2S. The molecule has 2 fully saturated rings. The van der Waals surface area contributed by atoms with E-state index in [1.807, 2.05) is 4.90 Å². The van der Waals surface area contributed by atoms with E-state index in [9.17, 15) is 9.59 Å². The molecule has 6 nitrogen and oxygen atoms in total. The van der Waals surface area contributed by atoms with Gasteiger partial charge < -0.3 is 9.88 Å². The van der Waals surface area contributed by atoms with Crippen LogP contribution in [0.3, 0.4) is 0 Å². The molecule has 0 bridgehead atoms. The fourth-order valence-electron chi connectivity index (χ4n) is 5.21. The number of fused-ring (bicyclic) bond motifs is 3. The van der Waals surface area contributed by atoms with Gasteiger partial charge in [-0.05, 0) is 70.0 Å². The van der Waals surface area contributed by atoms with Crippen LogP contribution in [0.4, 0.5) is 0 Å². The van der Waals surface area contributed by atoms with Crippen LogP contribution in [0.1, 0.15) is 67.1 Å². The number of amides is 1. The summed E-state index contributed by atoms with van der Waals surface area (Å²) in [6.07, 6.45) is 10.1. The van der Waals surface area contributed by atoms with Gasteiger partial charge in [-0.15, -0.1) is 11.3 Å². The highest BCUT2D eigenvalue weighted by molar-refractivity contribution is 7.18. The number of nitrogens with zero attached hydrogens (tertiary/aromatic N) is 3. The molecule has 1 amide bonds. The van der Waals surface area contributed by atoms with Gasteiger partial charge in [-0.3, -0.25) is 14.5 Å². The van der Waals surface area contributed by atoms with E-state index in [1.54, 1.807) is 11.3 Å². The van der Waals surface area contributed by atoms with Crippen LogP contribution in [0.2, 0.25) is 0 Å². The van der Waals surface area contributed by atoms with E-state index in [2.05, 4.69) is 9.88 Å². The lowest BCUT2D eigenvalue weighted by atomic mass is 9.96. The predicted molar refractivity (Wildman–Crippen MR) is 116 cm³/mol. The predicted octanol–water partition coefficient (Wildman–Crippen LogP) is 3.06. The standard InChI is InChI=1S/C22H30N4O2S/c27-18(14-25-10-4-1-5-11-25)26-12-6-7-15(13-26)20-23-21(28)19-16-8-2-3-9-17(16)29-22(19)24-20/h15H,1-14H2,(H,23,24,28). The normalized spacial score (nSPS) is 23.3. The summed E-state index contributed by atoms with van der Waals surface area (Å²) >= 11 is 1.70. The third-order valence-corrected chi connectivity index (χ3v) is 8.00. The first-order chi connectivity index (χ1) is 14.2. The number of aryl methyl sites for hydroxylation is 2. The van der Waals surface area contributed by atoms with Crippen LogP contribution in [0.15, 0.2) is 4.79 Å². The van der Waals surface area contributed by atoms with Crippen molar-refractivity contribution in [1.82, 2.24) is 19.8 Å². The zero-order chi connectivity index (χ0) is 19.8. The van der Waals surface area contributed by atoms with Gasteiger partial charge in [0.1, 0.15) is 10.7 Å². The number of H-pyrrole nitrogens is 1. The summed E-state index contributed by atoms with van der Waals surface area (Å²) in [5, 5.41) is 0.822. The molecule has 1 aliphatic carbocycles. The number of nitrogens with one attached hydrogen (secondary N) is 1. The lowest BCUT2D eigenvalue weighted by Crippen LogP contribution is -2.46. The average molecular weight is 415 g/mol. The van der Waals surface area contributed by atoms with Crippen molar-refractivity contribution in [2.45, 2.75) is 63.7 Å². The lowest BCUT2D eigenvalue weighted by Gasteiger charge is -2.34. The van der Waals surface area contributed by atoms with E-state index in [0.717, 1.165) is 67.8 Å². The Hall–Kier alpha value is -1.73. The summed E-state index contributed by atoms with van der Waals surface area (Å²) in [6, 6.07) is 0. The van der Waals surface area contributed by atoms with Crippen LogP contribution in [0.25, 0.3) is 10.2 Å². The van der Waals surface area contributed by atoms with Crippen molar-refractivity contribution in [2.24, 2.45) is 0 Å². The van der Waals surface area contributed by atoms with E-state index in [0.29, 0.717) is 13.1 Å². The Balaban J connectivity index is 1.34. The van der Waals surface area contributed by atoms with Gasteiger partial charge in [0.2, 0.25) is 5.91 Å². The van der Waals surface area contributed by atoms with Gasteiger partial charge in [-0.2, -0.15) is 0 Å². The molecule has 29 heavy (non-hydrogen) atoms. The van der Waals surface area contributed by atoms with E-state index in [4.69, 9.17) is 4.98 Å². The second kappa shape index (κ2) is 8.19. The third-order valence-electron chi connectivity index (χ3n) is 6.81. The van der Waals surface area contributed by atoms with Crippen molar-refractivity contribution in [1.29, 1.82) is 0 Å². The van der Waals surface area contributed by atoms with Crippen molar-refractivity contribution < 1.29 is 4.79 Å². The third kappa shape index (κ3) is 3.87. The summed E-state index contributed by atoms with van der Waals surface area (Å²) < 4.78 is 0. The second-order valence-electron chi connectivity index (χ2n) is 8.86. The molecule has 5 rings (SSSR count). The van der Waals surface area contributed by atoms with Gasteiger partial charge in [0.15, 0.2) is 0 Å². The van der Waals surface area contributed by atoms with Crippen LogP contribution in [-0.4, -0.2) is 58.4 Å². The molecular weight excluding hydrogens is 384 g/mol. The van der Waals surface area contributed by atoms with Crippen LogP contribution < -0.4 is 5.56 Å². The fraction of sp³-hybridized carbons (Fsp3) is 0.682. The highest BCUT2D eigenvalue weighted by Gasteiger charge is 2.29. The minimum absolute atomic E-state index is 0.0150. The molecule has 2 aromatic heterocycles. The van der Waals surface area contributed by atoms with Gasteiger partial charge in [-0.25, -0.2) is 4.98 Å². The number of likely N-dealkylation sites (tertiary alicyclic amines) is 2. The second-order valence-corrected chi connectivity index (χ2v) is 9.94. The number of rotatable bonds is 3.